The zero-order chi connectivity index (χ0) is 40.3. The summed E-state index contributed by atoms with van der Waals surface area (Å²) in [6.45, 7) is 9.18. The van der Waals surface area contributed by atoms with Gasteiger partial charge in [-0.25, -0.2) is 8.42 Å². The molecule has 5 heteroatoms. The molecule has 11 rings (SSSR count). The summed E-state index contributed by atoms with van der Waals surface area (Å²) in [7, 11) is -3.73. The van der Waals surface area contributed by atoms with E-state index in [1.165, 1.54) is 22.3 Å². The fourth-order valence-corrected chi connectivity index (χ4v) is 11.7. The van der Waals surface area contributed by atoms with Gasteiger partial charge >= 0.3 is 0 Å². The third-order valence-corrected chi connectivity index (χ3v) is 14.9. The summed E-state index contributed by atoms with van der Waals surface area (Å²) in [6.07, 6.45) is 0. The van der Waals surface area contributed by atoms with E-state index in [-0.39, 0.29) is 10.8 Å². The zero-order valence-electron chi connectivity index (χ0n) is 33.4. The smallest absolute Gasteiger partial charge is 0.207 e. The van der Waals surface area contributed by atoms with E-state index >= 15 is 0 Å². The molecule has 0 unspecified atom stereocenters. The molecule has 3 aliphatic heterocycles. The van der Waals surface area contributed by atoms with Crippen molar-refractivity contribution in [3.8, 4) is 33.4 Å². The normalized spacial score (nSPS) is 15.9. The molecule has 3 aliphatic rings. The predicted molar refractivity (Wildman–Crippen MR) is 242 cm³/mol. The van der Waals surface area contributed by atoms with Gasteiger partial charge < -0.3 is 9.80 Å². The highest BCUT2D eigenvalue weighted by Crippen LogP contribution is 2.56. The quantitative estimate of drug-likeness (QED) is 0.178. The monoisotopic (exact) mass is 782 g/mol. The maximum atomic E-state index is 14.3. The molecule has 0 aromatic heterocycles. The molecule has 0 saturated heterocycles. The maximum Gasteiger partial charge on any atom is 0.207 e. The SMILES string of the molecule is CC1(C)c2ccccc2N(c2ccccc2-c2ccc3c(c2)-c2cc(-c4ccccc4N4c5ccccc5C(C)(C)c5ccccc54)ccc2S3(=O)=O)c2ccccc21. The number of fused-ring (bicyclic) bond motifs is 7. The van der Waals surface area contributed by atoms with Crippen LogP contribution in [-0.2, 0) is 20.7 Å². The minimum absolute atomic E-state index is 0.183. The highest BCUT2D eigenvalue weighted by atomic mass is 32.2. The van der Waals surface area contributed by atoms with E-state index in [2.05, 4.69) is 195 Å². The lowest BCUT2D eigenvalue weighted by Gasteiger charge is -2.42. The van der Waals surface area contributed by atoms with Crippen molar-refractivity contribution in [1.29, 1.82) is 0 Å². The zero-order valence-corrected chi connectivity index (χ0v) is 34.3. The molecule has 59 heavy (non-hydrogen) atoms. The van der Waals surface area contributed by atoms with Crippen molar-refractivity contribution < 1.29 is 8.42 Å². The van der Waals surface area contributed by atoms with Crippen LogP contribution in [0.1, 0.15) is 49.9 Å². The lowest BCUT2D eigenvalue weighted by Crippen LogP contribution is -2.30. The van der Waals surface area contributed by atoms with Gasteiger partial charge in [0, 0.05) is 33.1 Å². The predicted octanol–water partition coefficient (Wildman–Crippen LogP) is 14.1. The Morgan fingerprint density at radius 1 is 0.339 bits per heavy atom. The molecule has 0 spiro atoms. The second-order valence-corrected chi connectivity index (χ2v) is 18.8. The molecule has 4 nitrogen and oxygen atoms in total. The molecule has 0 saturated carbocycles. The minimum Gasteiger partial charge on any atom is -0.309 e. The Bertz CT molecular complexity index is 2860. The lowest BCUT2D eigenvalue weighted by molar-refractivity contribution is 0.598. The Morgan fingerprint density at radius 3 is 0.966 bits per heavy atom. The van der Waals surface area contributed by atoms with E-state index in [0.29, 0.717) is 9.79 Å². The molecule has 0 fully saturated rings. The number of anilines is 6. The fourth-order valence-electron chi connectivity index (χ4n) is 10.1. The summed E-state index contributed by atoms with van der Waals surface area (Å²) in [5.74, 6) is 0. The number of hydrogen-bond acceptors (Lipinski definition) is 4. The molecule has 8 aromatic carbocycles. The summed E-state index contributed by atoms with van der Waals surface area (Å²) < 4.78 is 28.5. The minimum atomic E-state index is -3.73. The van der Waals surface area contributed by atoms with Gasteiger partial charge in [-0.05, 0) is 94.0 Å². The summed E-state index contributed by atoms with van der Waals surface area (Å²) in [4.78, 5) is 5.43. The van der Waals surface area contributed by atoms with Gasteiger partial charge in [0.2, 0.25) is 9.84 Å². The summed E-state index contributed by atoms with van der Waals surface area (Å²) >= 11 is 0. The standard InChI is InChI=1S/C54H42N2O2S/c1-53(2)41-19-7-13-25-47(41)55(48-26-14-8-20-42(48)53)45-23-11-5-17-37(45)35-29-31-51-39(33-35)40-34-36(30-32-52(40)59(51,57)58)38-18-6-12-24-46(38)56-49-27-15-9-21-43(49)54(3,4)44-22-10-16-28-50(44)56/h5-34H,1-4H3. The van der Waals surface area contributed by atoms with Gasteiger partial charge in [-0.3, -0.25) is 0 Å². The van der Waals surface area contributed by atoms with Crippen molar-refractivity contribution in [3.63, 3.8) is 0 Å². The molecule has 3 heterocycles. The fraction of sp³-hybridized carbons (Fsp3) is 0.111. The Balaban J connectivity index is 1.06. The van der Waals surface area contributed by atoms with Gasteiger partial charge in [-0.1, -0.05) is 149 Å². The number of sulfone groups is 1. The van der Waals surface area contributed by atoms with Crippen molar-refractivity contribution in [2.75, 3.05) is 9.80 Å². The van der Waals surface area contributed by atoms with Gasteiger partial charge in [0.25, 0.3) is 0 Å². The van der Waals surface area contributed by atoms with E-state index in [9.17, 15) is 8.42 Å². The van der Waals surface area contributed by atoms with E-state index < -0.39 is 9.84 Å². The number of benzene rings is 8. The van der Waals surface area contributed by atoms with E-state index in [1.807, 2.05) is 12.1 Å². The maximum absolute atomic E-state index is 14.3. The molecule has 0 atom stereocenters. The number of para-hydroxylation sites is 6. The summed E-state index contributed by atoms with van der Waals surface area (Å²) in [5, 5.41) is 0. The highest BCUT2D eigenvalue weighted by molar-refractivity contribution is 7.92. The Labute approximate surface area is 346 Å². The van der Waals surface area contributed by atoms with Crippen LogP contribution in [0.2, 0.25) is 0 Å². The molecule has 0 aliphatic carbocycles. The molecule has 0 radical (unpaired) electrons. The molecule has 286 valence electrons. The van der Waals surface area contributed by atoms with Crippen molar-refractivity contribution in [2.24, 2.45) is 0 Å². The first-order chi connectivity index (χ1) is 28.6. The number of nitrogens with zero attached hydrogens (tertiary/aromatic N) is 2. The van der Waals surface area contributed by atoms with E-state index in [1.54, 1.807) is 12.1 Å². The van der Waals surface area contributed by atoms with E-state index in [4.69, 9.17) is 0 Å². The first-order valence-corrected chi connectivity index (χ1v) is 21.8. The number of hydrogen-bond donors (Lipinski definition) is 0. The third-order valence-electron chi connectivity index (χ3n) is 13.0. The average Bonchev–Trinajstić information content (AvgIpc) is 3.49. The van der Waals surface area contributed by atoms with Gasteiger partial charge in [-0.2, -0.15) is 0 Å². The van der Waals surface area contributed by atoms with Crippen molar-refractivity contribution in [1.82, 2.24) is 0 Å². The number of rotatable bonds is 4. The highest BCUT2D eigenvalue weighted by Gasteiger charge is 2.39. The third kappa shape index (κ3) is 5.04. The second-order valence-electron chi connectivity index (χ2n) is 16.9. The molecule has 0 amide bonds. The van der Waals surface area contributed by atoms with Gasteiger partial charge in [0.15, 0.2) is 0 Å². The van der Waals surface area contributed by atoms with Gasteiger partial charge in [-0.15, -0.1) is 0 Å². The van der Waals surface area contributed by atoms with Crippen LogP contribution in [0.25, 0.3) is 33.4 Å². The van der Waals surface area contributed by atoms with Crippen LogP contribution in [0.3, 0.4) is 0 Å². The van der Waals surface area contributed by atoms with Gasteiger partial charge in [0.05, 0.1) is 43.9 Å². The molecule has 0 N–H and O–H groups in total. The Kier molecular flexibility index (Phi) is 7.61. The molecule has 8 aromatic rings. The van der Waals surface area contributed by atoms with Crippen molar-refractivity contribution >= 4 is 44.0 Å². The van der Waals surface area contributed by atoms with E-state index in [0.717, 1.165) is 67.5 Å². The van der Waals surface area contributed by atoms with Crippen LogP contribution in [-0.4, -0.2) is 8.42 Å². The Hall–Kier alpha value is -6.69. The topological polar surface area (TPSA) is 40.6 Å². The lowest BCUT2D eigenvalue weighted by atomic mass is 9.73. The first-order valence-electron chi connectivity index (χ1n) is 20.3. The molecular weight excluding hydrogens is 741 g/mol. The van der Waals surface area contributed by atoms with Crippen LogP contribution in [0.5, 0.6) is 0 Å². The molecule has 0 bridgehead atoms. The Morgan fingerprint density at radius 2 is 0.627 bits per heavy atom. The summed E-state index contributed by atoms with van der Waals surface area (Å²) in [5.41, 5.74) is 16.7. The van der Waals surface area contributed by atoms with Crippen LogP contribution in [0.15, 0.2) is 192 Å². The van der Waals surface area contributed by atoms with Crippen LogP contribution in [0, 0.1) is 0 Å². The second kappa shape index (κ2) is 12.7. The first kappa shape index (κ1) is 35.5. The summed E-state index contributed by atoms with van der Waals surface area (Å²) in [6, 6.07) is 63.3. The largest absolute Gasteiger partial charge is 0.309 e. The van der Waals surface area contributed by atoms with Crippen molar-refractivity contribution in [2.45, 2.75) is 48.3 Å². The van der Waals surface area contributed by atoms with Crippen LogP contribution in [0.4, 0.5) is 34.1 Å². The molecular formula is C54H42N2O2S. The average molecular weight is 783 g/mol. The van der Waals surface area contributed by atoms with Crippen molar-refractivity contribution in [3.05, 3.63) is 204 Å². The van der Waals surface area contributed by atoms with Crippen LogP contribution >= 0.6 is 0 Å². The van der Waals surface area contributed by atoms with Crippen LogP contribution < -0.4 is 9.80 Å². The van der Waals surface area contributed by atoms with Gasteiger partial charge in [0.1, 0.15) is 0 Å².